The number of ketones is 1. The molecule has 8 atom stereocenters. The van der Waals surface area contributed by atoms with Gasteiger partial charge in [-0.1, -0.05) is 24.6 Å². The Bertz CT molecular complexity index is 1050. The summed E-state index contributed by atoms with van der Waals surface area (Å²) in [6, 6.07) is 0. The fraction of sp³-hybridized carbons (Fsp3) is 0.714. The monoisotopic (exact) mass is 470 g/mol. The molecule has 0 aromatic heterocycles. The maximum Gasteiger partial charge on any atom is 0.334 e. The average Bonchev–Trinajstić information content (AvgIpc) is 3.05. The van der Waals surface area contributed by atoms with Crippen molar-refractivity contribution in [2.45, 2.75) is 102 Å². The number of ether oxygens (including phenoxy) is 1. The number of cyclic esters (lactones) is 1. The molecular formula is C28H38O6. The highest BCUT2D eigenvalue weighted by Crippen LogP contribution is 2.69. The van der Waals surface area contributed by atoms with Crippen LogP contribution in [0.1, 0.15) is 79.6 Å². The quantitative estimate of drug-likeness (QED) is 0.421. The maximum absolute atomic E-state index is 13.2. The van der Waals surface area contributed by atoms with Crippen LogP contribution in [0.2, 0.25) is 0 Å². The fourth-order valence-corrected chi connectivity index (χ4v) is 8.30. The maximum atomic E-state index is 13.2. The zero-order valence-electron chi connectivity index (χ0n) is 21.0. The Kier molecular flexibility index (Phi) is 5.03. The number of esters is 1. The van der Waals surface area contributed by atoms with E-state index in [2.05, 4.69) is 0 Å². The zero-order valence-corrected chi connectivity index (χ0v) is 21.0. The van der Waals surface area contributed by atoms with Crippen molar-refractivity contribution in [1.82, 2.24) is 0 Å². The molecule has 3 N–H and O–H groups in total. The Morgan fingerprint density at radius 2 is 1.79 bits per heavy atom. The minimum absolute atomic E-state index is 0.0719. The van der Waals surface area contributed by atoms with E-state index in [-0.39, 0.29) is 23.6 Å². The van der Waals surface area contributed by atoms with Crippen LogP contribution < -0.4 is 0 Å². The van der Waals surface area contributed by atoms with Gasteiger partial charge in [0.15, 0.2) is 5.78 Å². The molecule has 0 bridgehead atoms. The second kappa shape index (κ2) is 7.14. The van der Waals surface area contributed by atoms with Gasteiger partial charge in [-0.05, 0) is 89.7 Å². The summed E-state index contributed by atoms with van der Waals surface area (Å²) >= 11 is 0. The summed E-state index contributed by atoms with van der Waals surface area (Å²) < 4.78 is 5.70. The topological polar surface area (TPSA) is 104 Å². The number of rotatable bonds is 2. The van der Waals surface area contributed by atoms with Gasteiger partial charge < -0.3 is 20.1 Å². The van der Waals surface area contributed by atoms with Crippen LogP contribution >= 0.6 is 0 Å². The summed E-state index contributed by atoms with van der Waals surface area (Å²) in [5.41, 5.74) is -2.88. The van der Waals surface area contributed by atoms with Crippen molar-refractivity contribution in [3.63, 3.8) is 0 Å². The number of hydrogen-bond acceptors (Lipinski definition) is 6. The van der Waals surface area contributed by atoms with Crippen LogP contribution in [-0.2, 0) is 14.3 Å². The van der Waals surface area contributed by atoms with E-state index in [9.17, 15) is 24.9 Å². The predicted molar refractivity (Wildman–Crippen MR) is 127 cm³/mol. The molecule has 2 saturated carbocycles. The lowest BCUT2D eigenvalue weighted by Gasteiger charge is -2.61. The SMILES string of the molecule is CC1=C(C)C(=O)O[C@@H]([C@](C)(O)[C@H]2CC[C@@]3(O)C4=CC[C@@]5(O)CC=CC(=O)[C@]5(C)[C@H]4CC[C@]23C)C1. The molecule has 6 heteroatoms. The van der Waals surface area contributed by atoms with E-state index >= 15 is 0 Å². The van der Waals surface area contributed by atoms with E-state index in [1.807, 2.05) is 26.8 Å². The molecular weight excluding hydrogens is 432 g/mol. The van der Waals surface area contributed by atoms with Crippen LogP contribution in [0.15, 0.2) is 34.9 Å². The van der Waals surface area contributed by atoms with Gasteiger partial charge in [0, 0.05) is 17.4 Å². The van der Waals surface area contributed by atoms with Crippen LogP contribution in [0.3, 0.4) is 0 Å². The largest absolute Gasteiger partial charge is 0.456 e. The summed E-state index contributed by atoms with van der Waals surface area (Å²) in [5, 5.41) is 35.7. The molecule has 0 amide bonds. The van der Waals surface area contributed by atoms with Crippen molar-refractivity contribution in [3.8, 4) is 0 Å². The molecule has 1 heterocycles. The first-order valence-electron chi connectivity index (χ1n) is 12.7. The molecule has 34 heavy (non-hydrogen) atoms. The van der Waals surface area contributed by atoms with Gasteiger partial charge in [0.2, 0.25) is 0 Å². The third-order valence-electron chi connectivity index (χ3n) is 10.9. The van der Waals surface area contributed by atoms with Crippen LogP contribution in [0, 0.1) is 22.7 Å². The van der Waals surface area contributed by atoms with Crippen molar-refractivity contribution < 1.29 is 29.6 Å². The Hall–Kier alpha value is -1.76. The molecule has 4 aliphatic carbocycles. The van der Waals surface area contributed by atoms with E-state index < -0.39 is 33.7 Å². The minimum atomic E-state index is -1.31. The molecule has 6 nitrogen and oxygen atoms in total. The Morgan fingerprint density at radius 1 is 1.09 bits per heavy atom. The number of carbonyl (C=O) groups excluding carboxylic acids is 2. The lowest BCUT2D eigenvalue weighted by Crippen LogP contribution is -2.65. The summed E-state index contributed by atoms with van der Waals surface area (Å²) in [5.74, 6) is -0.989. The van der Waals surface area contributed by atoms with Crippen molar-refractivity contribution in [1.29, 1.82) is 0 Å². The first-order chi connectivity index (χ1) is 15.7. The molecule has 5 aliphatic rings. The summed E-state index contributed by atoms with van der Waals surface area (Å²) in [4.78, 5) is 25.6. The van der Waals surface area contributed by atoms with Gasteiger partial charge >= 0.3 is 5.97 Å². The smallest absolute Gasteiger partial charge is 0.334 e. The molecule has 0 saturated heterocycles. The average molecular weight is 471 g/mol. The number of carbonyl (C=O) groups is 2. The number of hydrogen-bond donors (Lipinski definition) is 3. The van der Waals surface area contributed by atoms with Gasteiger partial charge in [0.25, 0.3) is 0 Å². The van der Waals surface area contributed by atoms with E-state index in [0.717, 1.165) is 11.1 Å². The van der Waals surface area contributed by atoms with E-state index in [4.69, 9.17) is 4.74 Å². The fourth-order valence-electron chi connectivity index (χ4n) is 8.30. The molecule has 0 spiro atoms. The summed E-state index contributed by atoms with van der Waals surface area (Å²) in [6.45, 7) is 9.31. The molecule has 0 aromatic rings. The van der Waals surface area contributed by atoms with Crippen LogP contribution in [0.5, 0.6) is 0 Å². The van der Waals surface area contributed by atoms with E-state index in [1.54, 1.807) is 26.0 Å². The van der Waals surface area contributed by atoms with Crippen molar-refractivity contribution in [2.75, 3.05) is 0 Å². The molecule has 186 valence electrons. The second-order valence-corrected chi connectivity index (χ2v) is 12.3. The molecule has 0 aromatic carbocycles. The molecule has 2 fully saturated rings. The number of fused-ring (bicyclic) bond motifs is 5. The van der Waals surface area contributed by atoms with Crippen LogP contribution in [0.4, 0.5) is 0 Å². The predicted octanol–water partition coefficient (Wildman–Crippen LogP) is 3.54. The highest BCUT2D eigenvalue weighted by atomic mass is 16.6. The first-order valence-corrected chi connectivity index (χ1v) is 12.7. The minimum Gasteiger partial charge on any atom is -0.456 e. The second-order valence-electron chi connectivity index (χ2n) is 12.3. The number of aliphatic hydroxyl groups is 3. The van der Waals surface area contributed by atoms with Gasteiger partial charge in [0.1, 0.15) is 11.7 Å². The molecule has 5 rings (SSSR count). The third-order valence-corrected chi connectivity index (χ3v) is 10.9. The van der Waals surface area contributed by atoms with Crippen molar-refractivity contribution in [3.05, 3.63) is 34.9 Å². The van der Waals surface area contributed by atoms with Crippen molar-refractivity contribution >= 4 is 11.8 Å². The van der Waals surface area contributed by atoms with Crippen LogP contribution in [-0.4, -0.2) is 50.0 Å². The van der Waals surface area contributed by atoms with Gasteiger partial charge in [-0.3, -0.25) is 4.79 Å². The zero-order chi connectivity index (χ0) is 24.9. The lowest BCUT2D eigenvalue weighted by molar-refractivity contribution is -0.193. The van der Waals surface area contributed by atoms with Gasteiger partial charge in [0.05, 0.1) is 16.6 Å². The lowest BCUT2D eigenvalue weighted by atomic mass is 9.45. The van der Waals surface area contributed by atoms with Gasteiger partial charge in [-0.15, -0.1) is 0 Å². The van der Waals surface area contributed by atoms with Gasteiger partial charge in [-0.25, -0.2) is 4.79 Å². The Balaban J connectivity index is 1.52. The molecule has 0 radical (unpaired) electrons. The standard InChI is InChI=1S/C28H38O6/c1-16-15-22(34-23(30)17(16)2)26(5,31)20-10-14-28(33)19-9-13-27(32)11-6-7-21(29)25(27,4)18(19)8-12-24(20,28)3/h6-7,9,18,20,22,31-33H,8,10-15H2,1-5H3/t18-,20-,22+,24+,25-,26+,27-,28+/m0/s1. The highest BCUT2D eigenvalue weighted by Gasteiger charge is 2.70. The normalized spacial score (nSPS) is 47.9. The van der Waals surface area contributed by atoms with Crippen LogP contribution in [0.25, 0.3) is 0 Å². The molecule has 0 unspecified atom stereocenters. The van der Waals surface area contributed by atoms with Gasteiger partial charge in [-0.2, -0.15) is 0 Å². The Labute approximate surface area is 201 Å². The van der Waals surface area contributed by atoms with Crippen molar-refractivity contribution in [2.24, 2.45) is 22.7 Å². The molecule has 1 aliphatic heterocycles. The summed E-state index contributed by atoms with van der Waals surface area (Å²) in [7, 11) is 0. The Morgan fingerprint density at radius 3 is 2.47 bits per heavy atom. The first kappa shape index (κ1) is 24.0. The third kappa shape index (κ3) is 2.73. The highest BCUT2D eigenvalue weighted by molar-refractivity contribution is 5.97. The van der Waals surface area contributed by atoms with E-state index in [1.165, 1.54) is 0 Å². The van der Waals surface area contributed by atoms with E-state index in [0.29, 0.717) is 50.5 Å². The number of allylic oxidation sites excluding steroid dienone is 1. The summed E-state index contributed by atoms with van der Waals surface area (Å²) in [6.07, 6.45) is 8.23.